The SMILES string of the molecule is COc1c(CC(NC(=O)c2ccc(C(=N)NC(=O)OCc3ccccc3)cc2)B2OC3CC4CC(C4(C)C)C3(C)O2)cccc1C(=O)OC(C)(C)C. The van der Waals surface area contributed by atoms with E-state index in [0.29, 0.717) is 34.3 Å². The Morgan fingerprint density at radius 3 is 2.31 bits per heavy atom. The molecule has 0 spiro atoms. The number of hydrogen-bond acceptors (Lipinski definition) is 9. The third kappa shape index (κ3) is 7.59. The Kier molecular flexibility index (Phi) is 10.3. The quantitative estimate of drug-likeness (QED) is 0.0936. The van der Waals surface area contributed by atoms with E-state index in [1.165, 1.54) is 7.11 Å². The van der Waals surface area contributed by atoms with E-state index in [1.807, 2.05) is 36.4 Å². The van der Waals surface area contributed by atoms with Gasteiger partial charge in [-0.05, 0) is 93.5 Å². The molecule has 3 aliphatic carbocycles. The molecule has 5 atom stereocenters. The fraction of sp³-hybridized carbons (Fsp3) is 0.450. The van der Waals surface area contributed by atoms with Crippen molar-refractivity contribution in [2.24, 2.45) is 17.3 Å². The molecule has 274 valence electrons. The Hall–Kier alpha value is -4.68. The Bertz CT molecular complexity index is 1830. The van der Waals surface area contributed by atoms with Crippen molar-refractivity contribution in [2.75, 3.05) is 7.11 Å². The zero-order valence-electron chi connectivity index (χ0n) is 30.9. The number of carbonyl (C=O) groups excluding carboxylic acids is 3. The normalized spacial score (nSPS) is 23.4. The summed E-state index contributed by atoms with van der Waals surface area (Å²) in [5.41, 5.74) is 1.46. The van der Waals surface area contributed by atoms with E-state index >= 15 is 0 Å². The standard InChI is InChI=1S/C40H48BN3O8/c1-38(2,3)50-36(46)29-15-11-14-27(33(29)48-7)20-32(41-51-31-22-28-21-30(39(28,4)5)40(31,6)52-41)43-35(45)26-18-16-25(17-19-26)34(42)44-37(47)49-23-24-12-9-8-10-13-24/h8-19,28,30-32H,20-23H2,1-7H3,(H,43,45)(H2,42,44,47). The molecule has 4 fully saturated rings. The topological polar surface area (TPSA) is 145 Å². The smallest absolute Gasteiger partial charge is 0.482 e. The van der Waals surface area contributed by atoms with E-state index < -0.39 is 36.3 Å². The first kappa shape index (κ1) is 37.1. The summed E-state index contributed by atoms with van der Waals surface area (Å²) in [7, 11) is 0.743. The van der Waals surface area contributed by atoms with Crippen LogP contribution in [0, 0.1) is 22.7 Å². The zero-order chi connectivity index (χ0) is 37.4. The molecule has 1 aliphatic heterocycles. The van der Waals surface area contributed by atoms with Crippen molar-refractivity contribution in [3.63, 3.8) is 0 Å². The molecule has 3 aromatic rings. The van der Waals surface area contributed by atoms with Crippen molar-refractivity contribution in [1.82, 2.24) is 10.6 Å². The predicted molar refractivity (Wildman–Crippen MR) is 196 cm³/mol. The van der Waals surface area contributed by atoms with E-state index in [0.717, 1.165) is 18.4 Å². The number of nitrogens with one attached hydrogen (secondary N) is 3. The summed E-state index contributed by atoms with van der Waals surface area (Å²) in [5, 5.41) is 13.9. The highest BCUT2D eigenvalue weighted by molar-refractivity contribution is 6.48. The van der Waals surface area contributed by atoms with Crippen molar-refractivity contribution < 1.29 is 37.9 Å². The summed E-state index contributed by atoms with van der Waals surface area (Å²) in [5.74, 6) is -0.473. The molecule has 3 N–H and O–H groups in total. The lowest BCUT2D eigenvalue weighted by atomic mass is 9.43. The van der Waals surface area contributed by atoms with Crippen LogP contribution < -0.4 is 15.4 Å². The molecule has 12 heteroatoms. The maximum Gasteiger partial charge on any atom is 0.482 e. The number of methoxy groups -OCH3 is 1. The van der Waals surface area contributed by atoms with Crippen LogP contribution in [0.2, 0.25) is 0 Å². The summed E-state index contributed by atoms with van der Waals surface area (Å²) in [4.78, 5) is 39.4. The maximum absolute atomic E-state index is 13.9. The van der Waals surface area contributed by atoms with Crippen LogP contribution in [0.3, 0.4) is 0 Å². The molecule has 5 unspecified atom stereocenters. The van der Waals surface area contributed by atoms with Gasteiger partial charge < -0.3 is 28.8 Å². The van der Waals surface area contributed by atoms with Gasteiger partial charge in [0.1, 0.15) is 29.4 Å². The van der Waals surface area contributed by atoms with Crippen molar-refractivity contribution in [3.05, 3.63) is 101 Å². The van der Waals surface area contributed by atoms with Crippen molar-refractivity contribution in [2.45, 2.75) is 90.7 Å². The minimum absolute atomic E-state index is 0.0741. The second kappa shape index (κ2) is 14.4. The zero-order valence-corrected chi connectivity index (χ0v) is 30.9. The molecule has 2 bridgehead atoms. The number of para-hydroxylation sites is 1. The number of esters is 1. The van der Waals surface area contributed by atoms with Crippen molar-refractivity contribution in [3.8, 4) is 5.75 Å². The van der Waals surface area contributed by atoms with Crippen LogP contribution in [0.25, 0.3) is 0 Å². The van der Waals surface area contributed by atoms with Crippen LogP contribution in [0.1, 0.15) is 91.8 Å². The van der Waals surface area contributed by atoms with Gasteiger partial charge in [-0.1, -0.05) is 68.4 Å². The summed E-state index contributed by atoms with van der Waals surface area (Å²) < 4.78 is 30.1. The molecule has 1 saturated heterocycles. The Balaban J connectivity index is 1.19. The minimum atomic E-state index is -0.762. The number of amidine groups is 1. The third-order valence-corrected chi connectivity index (χ3v) is 10.8. The number of amides is 2. The van der Waals surface area contributed by atoms with Gasteiger partial charge in [0, 0.05) is 11.1 Å². The summed E-state index contributed by atoms with van der Waals surface area (Å²) in [6.45, 7) is 12.2. The molecule has 52 heavy (non-hydrogen) atoms. The number of alkyl carbamates (subject to hydrolysis) is 1. The molecular formula is C40H48BN3O8. The predicted octanol–water partition coefficient (Wildman–Crippen LogP) is 6.51. The van der Waals surface area contributed by atoms with Gasteiger partial charge in [-0.15, -0.1) is 0 Å². The number of carbonyl (C=O) groups is 3. The first-order chi connectivity index (χ1) is 24.6. The lowest BCUT2D eigenvalue weighted by Crippen LogP contribution is -2.65. The summed E-state index contributed by atoms with van der Waals surface area (Å²) >= 11 is 0. The average molecular weight is 710 g/mol. The number of benzene rings is 3. The lowest BCUT2D eigenvalue weighted by molar-refractivity contribution is -0.199. The van der Waals surface area contributed by atoms with Crippen LogP contribution in [-0.2, 0) is 31.8 Å². The van der Waals surface area contributed by atoms with Gasteiger partial charge in [-0.3, -0.25) is 15.5 Å². The van der Waals surface area contributed by atoms with Crippen molar-refractivity contribution in [1.29, 1.82) is 5.41 Å². The lowest BCUT2D eigenvalue weighted by Gasteiger charge is -2.64. The van der Waals surface area contributed by atoms with Gasteiger partial charge in [0.25, 0.3) is 5.91 Å². The number of ether oxygens (including phenoxy) is 3. The van der Waals surface area contributed by atoms with Gasteiger partial charge in [-0.25, -0.2) is 9.59 Å². The fourth-order valence-electron chi connectivity index (χ4n) is 7.98. The Labute approximate surface area is 305 Å². The number of rotatable bonds is 10. The monoisotopic (exact) mass is 709 g/mol. The van der Waals surface area contributed by atoms with Gasteiger partial charge in [0.05, 0.1) is 24.8 Å². The highest BCUT2D eigenvalue weighted by Gasteiger charge is 2.68. The third-order valence-electron chi connectivity index (χ3n) is 10.8. The molecule has 1 heterocycles. The molecule has 0 aromatic heterocycles. The molecule has 3 saturated carbocycles. The van der Waals surface area contributed by atoms with Crippen LogP contribution in [-0.4, -0.2) is 61.3 Å². The largest absolute Gasteiger partial charge is 0.496 e. The summed E-state index contributed by atoms with van der Waals surface area (Å²) in [6.07, 6.45) is 1.35. The van der Waals surface area contributed by atoms with E-state index in [9.17, 15) is 14.4 Å². The molecule has 4 aliphatic rings. The first-order valence-corrected chi connectivity index (χ1v) is 17.8. The van der Waals surface area contributed by atoms with E-state index in [-0.39, 0.29) is 41.9 Å². The number of hydrogen-bond donors (Lipinski definition) is 3. The van der Waals surface area contributed by atoms with E-state index in [4.69, 9.17) is 28.9 Å². The minimum Gasteiger partial charge on any atom is -0.496 e. The second-order valence-corrected chi connectivity index (χ2v) is 15.8. The van der Waals surface area contributed by atoms with Crippen molar-refractivity contribution >= 4 is 30.9 Å². The van der Waals surface area contributed by atoms with Crippen LogP contribution in [0.15, 0.2) is 72.8 Å². The highest BCUT2D eigenvalue weighted by Crippen LogP contribution is 2.65. The molecule has 7 rings (SSSR count). The molecule has 2 amide bonds. The Morgan fingerprint density at radius 2 is 1.65 bits per heavy atom. The van der Waals surface area contributed by atoms with E-state index in [1.54, 1.807) is 57.2 Å². The Morgan fingerprint density at radius 1 is 0.962 bits per heavy atom. The van der Waals surface area contributed by atoms with Crippen LogP contribution >= 0.6 is 0 Å². The maximum atomic E-state index is 13.9. The molecule has 3 aromatic carbocycles. The molecule has 0 radical (unpaired) electrons. The summed E-state index contributed by atoms with van der Waals surface area (Å²) in [6, 6.07) is 20.9. The van der Waals surface area contributed by atoms with Crippen LogP contribution in [0.5, 0.6) is 5.75 Å². The van der Waals surface area contributed by atoms with E-state index in [2.05, 4.69) is 31.4 Å². The first-order valence-electron chi connectivity index (χ1n) is 17.8. The highest BCUT2D eigenvalue weighted by atomic mass is 16.7. The van der Waals surface area contributed by atoms with Gasteiger partial charge in [0.2, 0.25) is 0 Å². The second-order valence-electron chi connectivity index (χ2n) is 15.8. The molecule has 11 nitrogen and oxygen atoms in total. The average Bonchev–Trinajstić information content (AvgIpc) is 3.47. The molecular weight excluding hydrogens is 661 g/mol. The van der Waals surface area contributed by atoms with Gasteiger partial charge in [0.15, 0.2) is 0 Å². The fourth-order valence-corrected chi connectivity index (χ4v) is 7.98. The van der Waals surface area contributed by atoms with Crippen LogP contribution in [0.4, 0.5) is 4.79 Å². The van der Waals surface area contributed by atoms with Gasteiger partial charge >= 0.3 is 19.2 Å². The van der Waals surface area contributed by atoms with Gasteiger partial charge in [-0.2, -0.15) is 0 Å².